The molecular formula is C8H22N2. The van der Waals surface area contributed by atoms with Gasteiger partial charge in [-0.2, -0.15) is 0 Å². The van der Waals surface area contributed by atoms with Crippen LogP contribution in [0.5, 0.6) is 0 Å². The zero-order valence-electron chi connectivity index (χ0n) is 5.41. The zero-order valence-corrected chi connectivity index (χ0v) is 5.41. The SMILES string of the molecule is C.C.CCC1CNCCN1. The first-order valence-corrected chi connectivity index (χ1v) is 3.37. The van der Waals surface area contributed by atoms with Gasteiger partial charge in [-0.25, -0.2) is 0 Å². The fraction of sp³-hybridized carbons (Fsp3) is 1.00. The third-order valence-electron chi connectivity index (χ3n) is 1.62. The minimum absolute atomic E-state index is 0. The summed E-state index contributed by atoms with van der Waals surface area (Å²) in [5, 5.41) is 6.73. The Balaban J connectivity index is 0. The minimum atomic E-state index is 0. The predicted molar refractivity (Wildman–Crippen MR) is 48.4 cm³/mol. The topological polar surface area (TPSA) is 24.1 Å². The van der Waals surface area contributed by atoms with Gasteiger partial charge in [0.1, 0.15) is 0 Å². The predicted octanol–water partition coefficient (Wildman–Crippen LogP) is 1.23. The van der Waals surface area contributed by atoms with Gasteiger partial charge in [0.2, 0.25) is 0 Å². The highest BCUT2D eigenvalue weighted by Crippen LogP contribution is 1.90. The van der Waals surface area contributed by atoms with E-state index < -0.39 is 0 Å². The minimum Gasteiger partial charge on any atom is -0.314 e. The maximum atomic E-state index is 3.41. The Morgan fingerprint density at radius 1 is 1.30 bits per heavy atom. The molecule has 2 heteroatoms. The van der Waals surface area contributed by atoms with Gasteiger partial charge < -0.3 is 10.6 Å². The first-order chi connectivity index (χ1) is 3.93. The van der Waals surface area contributed by atoms with Crippen molar-refractivity contribution >= 4 is 0 Å². The van der Waals surface area contributed by atoms with Gasteiger partial charge in [0, 0.05) is 25.7 Å². The lowest BCUT2D eigenvalue weighted by molar-refractivity contribution is 0.410. The van der Waals surface area contributed by atoms with Crippen LogP contribution in [-0.2, 0) is 0 Å². The smallest absolute Gasteiger partial charge is 0.0190 e. The summed E-state index contributed by atoms with van der Waals surface area (Å²) in [5.41, 5.74) is 0. The number of piperazine rings is 1. The Labute approximate surface area is 65.4 Å². The van der Waals surface area contributed by atoms with Crippen molar-refractivity contribution in [2.45, 2.75) is 34.2 Å². The molecule has 0 radical (unpaired) electrons. The molecular weight excluding hydrogens is 124 g/mol. The second-order valence-electron chi connectivity index (χ2n) is 2.26. The lowest BCUT2D eigenvalue weighted by Crippen LogP contribution is -2.47. The van der Waals surface area contributed by atoms with Crippen LogP contribution in [-0.4, -0.2) is 25.7 Å². The highest BCUT2D eigenvalue weighted by Gasteiger charge is 2.07. The molecule has 1 atom stereocenters. The van der Waals surface area contributed by atoms with Crippen molar-refractivity contribution < 1.29 is 0 Å². The molecule has 1 unspecified atom stereocenters. The van der Waals surface area contributed by atoms with Crippen molar-refractivity contribution in [3.8, 4) is 0 Å². The molecule has 1 aliphatic rings. The maximum Gasteiger partial charge on any atom is 0.0190 e. The molecule has 0 spiro atoms. The van der Waals surface area contributed by atoms with E-state index in [2.05, 4.69) is 17.6 Å². The molecule has 0 aliphatic carbocycles. The van der Waals surface area contributed by atoms with Gasteiger partial charge in [0.05, 0.1) is 0 Å². The van der Waals surface area contributed by atoms with Gasteiger partial charge in [-0.05, 0) is 6.42 Å². The van der Waals surface area contributed by atoms with Crippen molar-refractivity contribution in [3.63, 3.8) is 0 Å². The van der Waals surface area contributed by atoms with Crippen molar-refractivity contribution in [1.82, 2.24) is 10.6 Å². The van der Waals surface area contributed by atoms with Gasteiger partial charge in [0.15, 0.2) is 0 Å². The van der Waals surface area contributed by atoms with E-state index in [1.807, 2.05) is 0 Å². The molecule has 1 rings (SSSR count). The van der Waals surface area contributed by atoms with E-state index in [-0.39, 0.29) is 14.9 Å². The van der Waals surface area contributed by atoms with E-state index in [1.165, 1.54) is 6.42 Å². The molecule has 2 nitrogen and oxygen atoms in total. The maximum absolute atomic E-state index is 3.41. The summed E-state index contributed by atoms with van der Waals surface area (Å²) in [4.78, 5) is 0. The van der Waals surface area contributed by atoms with E-state index in [0.717, 1.165) is 25.7 Å². The fourth-order valence-corrected chi connectivity index (χ4v) is 1.00. The van der Waals surface area contributed by atoms with Crippen LogP contribution in [0, 0.1) is 0 Å². The summed E-state index contributed by atoms with van der Waals surface area (Å²) in [6.07, 6.45) is 1.24. The van der Waals surface area contributed by atoms with Crippen molar-refractivity contribution in [1.29, 1.82) is 0 Å². The van der Waals surface area contributed by atoms with Crippen LogP contribution >= 0.6 is 0 Å². The van der Waals surface area contributed by atoms with Crippen LogP contribution in [0.2, 0.25) is 0 Å². The number of rotatable bonds is 1. The van der Waals surface area contributed by atoms with E-state index in [9.17, 15) is 0 Å². The average molecular weight is 146 g/mol. The molecule has 1 saturated heterocycles. The largest absolute Gasteiger partial charge is 0.314 e. The van der Waals surface area contributed by atoms with E-state index in [0.29, 0.717) is 0 Å². The first-order valence-electron chi connectivity index (χ1n) is 3.37. The molecule has 0 aromatic rings. The van der Waals surface area contributed by atoms with E-state index in [1.54, 1.807) is 0 Å². The molecule has 64 valence electrons. The van der Waals surface area contributed by atoms with Crippen LogP contribution in [0.4, 0.5) is 0 Å². The summed E-state index contributed by atoms with van der Waals surface area (Å²) < 4.78 is 0. The third-order valence-corrected chi connectivity index (χ3v) is 1.62. The second kappa shape index (κ2) is 7.03. The molecule has 1 aliphatic heterocycles. The number of nitrogens with one attached hydrogen (secondary N) is 2. The molecule has 10 heavy (non-hydrogen) atoms. The summed E-state index contributed by atoms with van der Waals surface area (Å²) in [5.74, 6) is 0. The van der Waals surface area contributed by atoms with E-state index >= 15 is 0 Å². The molecule has 1 heterocycles. The molecule has 0 bridgehead atoms. The van der Waals surface area contributed by atoms with Gasteiger partial charge >= 0.3 is 0 Å². The van der Waals surface area contributed by atoms with Crippen LogP contribution in [0.25, 0.3) is 0 Å². The van der Waals surface area contributed by atoms with Crippen LogP contribution in [0.3, 0.4) is 0 Å². The molecule has 2 N–H and O–H groups in total. The van der Waals surface area contributed by atoms with Gasteiger partial charge in [0.25, 0.3) is 0 Å². The first kappa shape index (κ1) is 12.6. The van der Waals surface area contributed by atoms with Crippen molar-refractivity contribution in [2.75, 3.05) is 19.6 Å². The fourth-order valence-electron chi connectivity index (χ4n) is 1.00. The van der Waals surface area contributed by atoms with Crippen molar-refractivity contribution in [3.05, 3.63) is 0 Å². The van der Waals surface area contributed by atoms with Crippen LogP contribution in [0.1, 0.15) is 28.2 Å². The summed E-state index contributed by atoms with van der Waals surface area (Å²) in [6.45, 7) is 5.64. The Hall–Kier alpha value is -0.0800. The summed E-state index contributed by atoms with van der Waals surface area (Å²) in [7, 11) is 0. The average Bonchev–Trinajstić information content (AvgIpc) is 1.90. The van der Waals surface area contributed by atoms with Crippen LogP contribution < -0.4 is 10.6 Å². The lowest BCUT2D eigenvalue weighted by Gasteiger charge is -2.22. The zero-order chi connectivity index (χ0) is 5.82. The molecule has 0 saturated carbocycles. The summed E-state index contributed by atoms with van der Waals surface area (Å²) >= 11 is 0. The van der Waals surface area contributed by atoms with Crippen molar-refractivity contribution in [2.24, 2.45) is 0 Å². The summed E-state index contributed by atoms with van der Waals surface area (Å²) in [6, 6.07) is 0.726. The molecule has 0 aromatic carbocycles. The Kier molecular flexibility index (Phi) is 8.85. The Morgan fingerprint density at radius 3 is 2.30 bits per heavy atom. The molecule has 0 amide bonds. The third kappa shape index (κ3) is 3.85. The van der Waals surface area contributed by atoms with Gasteiger partial charge in [-0.3, -0.25) is 0 Å². The molecule has 1 fully saturated rings. The van der Waals surface area contributed by atoms with Crippen LogP contribution in [0.15, 0.2) is 0 Å². The quantitative estimate of drug-likeness (QED) is 0.581. The molecule has 0 aromatic heterocycles. The Bertz CT molecular complexity index is 58.3. The number of hydrogen-bond acceptors (Lipinski definition) is 2. The number of hydrogen-bond donors (Lipinski definition) is 2. The second-order valence-corrected chi connectivity index (χ2v) is 2.26. The Morgan fingerprint density at radius 2 is 2.00 bits per heavy atom. The standard InChI is InChI=1S/C6H14N2.2CH4/c1-2-6-5-7-3-4-8-6;;/h6-8H,2-5H2,1H3;2*1H4. The lowest BCUT2D eigenvalue weighted by atomic mass is 10.2. The highest BCUT2D eigenvalue weighted by molar-refractivity contribution is 4.72. The van der Waals surface area contributed by atoms with E-state index in [4.69, 9.17) is 0 Å². The van der Waals surface area contributed by atoms with Gasteiger partial charge in [-0.1, -0.05) is 21.8 Å². The monoisotopic (exact) mass is 146 g/mol. The highest BCUT2D eigenvalue weighted by atomic mass is 15.0. The normalized spacial score (nSPS) is 24.3. The van der Waals surface area contributed by atoms with Gasteiger partial charge in [-0.15, -0.1) is 0 Å².